The Balaban J connectivity index is 1.63. The van der Waals surface area contributed by atoms with Gasteiger partial charge in [0.2, 0.25) is 0 Å². The Labute approximate surface area is 209 Å². The lowest BCUT2D eigenvalue weighted by atomic mass is 9.87. The van der Waals surface area contributed by atoms with Crippen LogP contribution in [0, 0.1) is 0 Å². The van der Waals surface area contributed by atoms with Crippen LogP contribution in [0.4, 0.5) is 0 Å². The highest BCUT2D eigenvalue weighted by molar-refractivity contribution is 6.00. The largest absolute Gasteiger partial charge is 0.478 e. The van der Waals surface area contributed by atoms with Gasteiger partial charge in [0.1, 0.15) is 0 Å². The summed E-state index contributed by atoms with van der Waals surface area (Å²) < 4.78 is 1.81. The maximum atomic E-state index is 10.9. The van der Waals surface area contributed by atoms with Crippen molar-refractivity contribution in [3.8, 4) is 11.1 Å². The van der Waals surface area contributed by atoms with Crippen LogP contribution in [0.25, 0.3) is 39.3 Å². The SMILES string of the molecule is CCC(=C(c1ccc(C=CC(=O)O)cc1)c1ccc2[nH]ncc2c1)c1ccc(-c2cnn(C)c2)cc1. The summed E-state index contributed by atoms with van der Waals surface area (Å²) in [4.78, 5) is 10.9. The van der Waals surface area contributed by atoms with Gasteiger partial charge in [0, 0.05) is 30.3 Å². The number of fused-ring (bicyclic) bond motifs is 1. The van der Waals surface area contributed by atoms with E-state index in [1.807, 2.05) is 37.8 Å². The minimum absolute atomic E-state index is 0.838. The van der Waals surface area contributed by atoms with Crippen LogP contribution in [0.3, 0.4) is 0 Å². The first-order chi connectivity index (χ1) is 17.5. The van der Waals surface area contributed by atoms with E-state index in [2.05, 4.69) is 76.8 Å². The van der Waals surface area contributed by atoms with Crippen molar-refractivity contribution < 1.29 is 9.90 Å². The zero-order valence-corrected chi connectivity index (χ0v) is 20.1. The van der Waals surface area contributed by atoms with E-state index < -0.39 is 5.97 Å². The molecule has 0 aliphatic rings. The molecule has 2 N–H and O–H groups in total. The van der Waals surface area contributed by atoms with E-state index in [9.17, 15) is 4.79 Å². The topological polar surface area (TPSA) is 83.8 Å². The number of hydrogen-bond donors (Lipinski definition) is 2. The number of rotatable bonds is 7. The fraction of sp³-hybridized carbons (Fsp3) is 0.100. The monoisotopic (exact) mass is 474 g/mol. The molecule has 0 bridgehead atoms. The molecule has 0 aliphatic heterocycles. The maximum absolute atomic E-state index is 10.9. The number of carboxylic acid groups (broad SMARTS) is 1. The van der Waals surface area contributed by atoms with Crippen molar-refractivity contribution in [2.75, 3.05) is 0 Å². The highest BCUT2D eigenvalue weighted by Gasteiger charge is 2.14. The number of nitrogens with one attached hydrogen (secondary N) is 1. The molecule has 5 rings (SSSR count). The smallest absolute Gasteiger partial charge is 0.328 e. The predicted octanol–water partition coefficient (Wildman–Crippen LogP) is 6.43. The molecule has 0 unspecified atom stereocenters. The average Bonchev–Trinajstić information content (AvgIpc) is 3.55. The summed E-state index contributed by atoms with van der Waals surface area (Å²) >= 11 is 0. The van der Waals surface area contributed by atoms with E-state index >= 15 is 0 Å². The Morgan fingerprint density at radius 3 is 2.33 bits per heavy atom. The molecule has 2 aromatic heterocycles. The van der Waals surface area contributed by atoms with Crippen LogP contribution in [0.2, 0.25) is 0 Å². The van der Waals surface area contributed by atoms with Crippen molar-refractivity contribution in [2.45, 2.75) is 13.3 Å². The first-order valence-electron chi connectivity index (χ1n) is 11.8. The fourth-order valence-electron chi connectivity index (χ4n) is 4.50. The van der Waals surface area contributed by atoms with Gasteiger partial charge in [-0.3, -0.25) is 9.78 Å². The molecule has 5 aromatic rings. The van der Waals surface area contributed by atoms with Crippen molar-refractivity contribution >= 4 is 34.1 Å². The Hall–Kier alpha value is -4.71. The molecule has 0 spiro atoms. The van der Waals surface area contributed by atoms with Crippen LogP contribution in [0.5, 0.6) is 0 Å². The highest BCUT2D eigenvalue weighted by atomic mass is 16.4. The first-order valence-corrected chi connectivity index (χ1v) is 11.8. The summed E-state index contributed by atoms with van der Waals surface area (Å²) in [6, 6.07) is 22.9. The van der Waals surface area contributed by atoms with Gasteiger partial charge < -0.3 is 5.11 Å². The molecule has 178 valence electrons. The molecule has 0 saturated heterocycles. The Kier molecular flexibility index (Phi) is 6.33. The van der Waals surface area contributed by atoms with Gasteiger partial charge in [-0.25, -0.2) is 4.79 Å². The lowest BCUT2D eigenvalue weighted by molar-refractivity contribution is -0.131. The predicted molar refractivity (Wildman–Crippen MR) is 144 cm³/mol. The van der Waals surface area contributed by atoms with Crippen molar-refractivity contribution in [3.63, 3.8) is 0 Å². The van der Waals surface area contributed by atoms with Crippen LogP contribution in [-0.4, -0.2) is 31.1 Å². The molecule has 36 heavy (non-hydrogen) atoms. The van der Waals surface area contributed by atoms with Gasteiger partial charge in [-0.2, -0.15) is 10.2 Å². The van der Waals surface area contributed by atoms with E-state index in [0.717, 1.165) is 62.4 Å². The molecule has 6 heteroatoms. The van der Waals surface area contributed by atoms with Crippen LogP contribution in [0.15, 0.2) is 91.4 Å². The second-order valence-electron chi connectivity index (χ2n) is 8.65. The van der Waals surface area contributed by atoms with Crippen LogP contribution >= 0.6 is 0 Å². The van der Waals surface area contributed by atoms with E-state index in [4.69, 9.17) is 5.11 Å². The molecule has 2 heterocycles. The van der Waals surface area contributed by atoms with Gasteiger partial charge in [-0.05, 0) is 63.6 Å². The normalized spacial score (nSPS) is 12.3. The third kappa shape index (κ3) is 4.74. The third-order valence-electron chi connectivity index (χ3n) is 6.27. The maximum Gasteiger partial charge on any atom is 0.328 e. The molecule has 0 aliphatic carbocycles. The second-order valence-corrected chi connectivity index (χ2v) is 8.65. The van der Waals surface area contributed by atoms with Crippen molar-refractivity contribution in [3.05, 3.63) is 114 Å². The lowest BCUT2D eigenvalue weighted by Gasteiger charge is -2.17. The fourth-order valence-corrected chi connectivity index (χ4v) is 4.50. The molecule has 0 radical (unpaired) electrons. The first kappa shape index (κ1) is 23.1. The quantitative estimate of drug-likeness (QED) is 0.210. The molecule has 0 fully saturated rings. The Morgan fingerprint density at radius 2 is 1.67 bits per heavy atom. The molecule has 3 aromatic carbocycles. The number of hydrogen-bond acceptors (Lipinski definition) is 3. The van der Waals surface area contributed by atoms with Gasteiger partial charge in [0.15, 0.2) is 0 Å². The number of aromatic nitrogens is 4. The number of nitrogens with zero attached hydrogens (tertiary/aromatic N) is 3. The standard InChI is InChI=1S/C30H26N4O2/c1-3-27(22-11-9-21(10-12-22)26-18-32-34(2)19-26)30(24-13-14-28-25(16-24)17-31-33-28)23-7-4-20(5-8-23)6-15-29(35)36/h4-19H,3H2,1-2H3,(H,31,33)(H,35,36). The Bertz CT molecular complexity index is 1590. The highest BCUT2D eigenvalue weighted by Crippen LogP contribution is 2.36. The van der Waals surface area contributed by atoms with E-state index in [1.165, 1.54) is 5.57 Å². The summed E-state index contributed by atoms with van der Waals surface area (Å²) in [5, 5.41) is 21.5. The van der Waals surface area contributed by atoms with Crippen molar-refractivity contribution in [1.82, 2.24) is 20.0 Å². The van der Waals surface area contributed by atoms with E-state index in [1.54, 1.807) is 10.8 Å². The zero-order chi connectivity index (χ0) is 25.1. The number of carboxylic acids is 1. The summed E-state index contributed by atoms with van der Waals surface area (Å²) in [6.07, 6.45) is 9.32. The third-order valence-corrected chi connectivity index (χ3v) is 6.27. The number of allylic oxidation sites excluding steroid dienone is 1. The van der Waals surface area contributed by atoms with Gasteiger partial charge >= 0.3 is 5.97 Å². The summed E-state index contributed by atoms with van der Waals surface area (Å²) in [6.45, 7) is 2.17. The minimum atomic E-state index is -0.962. The Morgan fingerprint density at radius 1 is 0.944 bits per heavy atom. The molecular weight excluding hydrogens is 448 g/mol. The van der Waals surface area contributed by atoms with E-state index in [-0.39, 0.29) is 0 Å². The van der Waals surface area contributed by atoms with Gasteiger partial charge in [-0.15, -0.1) is 0 Å². The lowest BCUT2D eigenvalue weighted by Crippen LogP contribution is -1.96. The van der Waals surface area contributed by atoms with Crippen LogP contribution in [-0.2, 0) is 11.8 Å². The van der Waals surface area contributed by atoms with Gasteiger partial charge in [-0.1, -0.05) is 61.5 Å². The van der Waals surface area contributed by atoms with E-state index in [0.29, 0.717) is 0 Å². The minimum Gasteiger partial charge on any atom is -0.478 e. The van der Waals surface area contributed by atoms with Crippen molar-refractivity contribution in [1.29, 1.82) is 0 Å². The average molecular weight is 475 g/mol. The number of aryl methyl sites for hydroxylation is 1. The second kappa shape index (κ2) is 9.88. The van der Waals surface area contributed by atoms with Gasteiger partial charge in [0.05, 0.1) is 17.9 Å². The number of aromatic amines is 1. The molecule has 0 amide bonds. The van der Waals surface area contributed by atoms with Crippen molar-refractivity contribution in [2.24, 2.45) is 7.05 Å². The zero-order valence-electron chi connectivity index (χ0n) is 20.1. The molecular formula is C30H26N4O2. The van der Waals surface area contributed by atoms with Crippen LogP contribution in [0.1, 0.15) is 35.6 Å². The number of carbonyl (C=O) groups is 1. The molecule has 6 nitrogen and oxygen atoms in total. The number of aliphatic carboxylic acids is 1. The van der Waals surface area contributed by atoms with Crippen LogP contribution < -0.4 is 0 Å². The molecule has 0 saturated carbocycles. The summed E-state index contributed by atoms with van der Waals surface area (Å²) in [7, 11) is 1.92. The summed E-state index contributed by atoms with van der Waals surface area (Å²) in [5.74, 6) is -0.962. The van der Waals surface area contributed by atoms with Gasteiger partial charge in [0.25, 0.3) is 0 Å². The summed E-state index contributed by atoms with van der Waals surface area (Å²) in [5.41, 5.74) is 9.73. The number of H-pyrrole nitrogens is 1. The molecule has 0 atom stereocenters. The number of benzene rings is 3.